The highest BCUT2D eigenvalue weighted by Crippen LogP contribution is 2.31. The number of pyridine rings is 1. The molecule has 0 unspecified atom stereocenters. The van der Waals surface area contributed by atoms with Crippen LogP contribution in [0.2, 0.25) is 0 Å². The van der Waals surface area contributed by atoms with Gasteiger partial charge in [-0.2, -0.15) is 0 Å². The molecule has 3 aromatic rings. The van der Waals surface area contributed by atoms with E-state index in [2.05, 4.69) is 10.3 Å². The van der Waals surface area contributed by atoms with Crippen LogP contribution in [0.25, 0.3) is 0 Å². The van der Waals surface area contributed by atoms with E-state index < -0.39 is 0 Å². The molecule has 0 fully saturated rings. The van der Waals surface area contributed by atoms with Gasteiger partial charge in [-0.25, -0.2) is 0 Å². The molecule has 0 saturated heterocycles. The predicted octanol–water partition coefficient (Wildman–Crippen LogP) is 4.30. The summed E-state index contributed by atoms with van der Waals surface area (Å²) in [6, 6.07) is 12.1. The molecule has 0 atom stereocenters. The van der Waals surface area contributed by atoms with E-state index in [0.717, 1.165) is 36.9 Å². The van der Waals surface area contributed by atoms with Crippen molar-refractivity contribution in [3.63, 3.8) is 0 Å². The fraction of sp³-hybridized carbons (Fsp3) is 0.308. The summed E-state index contributed by atoms with van der Waals surface area (Å²) in [7, 11) is 3.15. The number of amides is 1. The Labute approximate surface area is 192 Å². The Morgan fingerprint density at radius 3 is 2.15 bits per heavy atom. The van der Waals surface area contributed by atoms with Gasteiger partial charge in [-0.1, -0.05) is 0 Å². The first kappa shape index (κ1) is 22.5. The summed E-state index contributed by atoms with van der Waals surface area (Å²) in [5.74, 6) is 2.13. The summed E-state index contributed by atoms with van der Waals surface area (Å²) in [4.78, 5) is 28.2. The molecule has 0 saturated carbocycles. The van der Waals surface area contributed by atoms with Gasteiger partial charge >= 0.3 is 0 Å². The van der Waals surface area contributed by atoms with Gasteiger partial charge in [0, 0.05) is 41.6 Å². The second kappa shape index (κ2) is 9.81. The molecule has 1 aliphatic carbocycles. The summed E-state index contributed by atoms with van der Waals surface area (Å²) >= 11 is 0. The van der Waals surface area contributed by atoms with Gasteiger partial charge in [-0.15, -0.1) is 0 Å². The lowest BCUT2D eigenvalue weighted by Gasteiger charge is -2.21. The Morgan fingerprint density at radius 1 is 0.909 bits per heavy atom. The summed E-state index contributed by atoms with van der Waals surface area (Å²) < 4.78 is 16.4. The normalized spacial score (nSPS) is 12.6. The Kier molecular flexibility index (Phi) is 6.68. The van der Waals surface area contributed by atoms with Gasteiger partial charge in [0.15, 0.2) is 0 Å². The zero-order valence-electron chi connectivity index (χ0n) is 19.1. The smallest absolute Gasteiger partial charge is 0.253 e. The molecule has 0 spiro atoms. The number of aromatic nitrogens is 1. The quantitative estimate of drug-likeness (QED) is 0.563. The summed E-state index contributed by atoms with van der Waals surface area (Å²) in [6.07, 6.45) is 4.05. The third kappa shape index (κ3) is 5.03. The minimum Gasteiger partial charge on any atom is -0.496 e. The number of hydrogen-bond acceptors (Lipinski definition) is 5. The third-order valence-corrected chi connectivity index (χ3v) is 5.96. The lowest BCUT2D eigenvalue weighted by Crippen LogP contribution is -2.30. The summed E-state index contributed by atoms with van der Waals surface area (Å²) in [6.45, 7) is 2.15. The van der Waals surface area contributed by atoms with Crippen molar-refractivity contribution in [1.29, 1.82) is 0 Å². The molecule has 1 heterocycles. The molecule has 2 aromatic carbocycles. The SMILES string of the molecule is COc1cc(OC)cc(Oc2ccc(C(=O)NCc3c4c(c(C)[nH]c3=O)CCCC4)cc2)c1. The number of carbonyl (C=O) groups excluding carboxylic acids is 1. The standard InChI is InChI=1S/C26H28N2O5/c1-16-22-6-4-5-7-23(22)24(26(30)28-16)15-27-25(29)17-8-10-18(11-9-17)33-21-13-19(31-2)12-20(14-21)32-3/h8-14H,4-7,15H2,1-3H3,(H,27,29)(H,28,30). The molecular weight excluding hydrogens is 420 g/mol. The molecule has 1 amide bonds. The van der Waals surface area contributed by atoms with E-state index in [9.17, 15) is 9.59 Å². The second-order valence-corrected chi connectivity index (χ2v) is 8.08. The van der Waals surface area contributed by atoms with Gasteiger partial charge in [0.05, 0.1) is 14.2 Å². The largest absolute Gasteiger partial charge is 0.496 e. The second-order valence-electron chi connectivity index (χ2n) is 8.08. The van der Waals surface area contributed by atoms with Crippen molar-refractivity contribution < 1.29 is 19.0 Å². The number of nitrogens with one attached hydrogen (secondary N) is 2. The number of H-pyrrole nitrogens is 1. The first-order valence-electron chi connectivity index (χ1n) is 11.0. The number of aryl methyl sites for hydroxylation is 1. The van der Waals surface area contributed by atoms with E-state index in [-0.39, 0.29) is 18.0 Å². The van der Waals surface area contributed by atoms with Crippen LogP contribution >= 0.6 is 0 Å². The number of methoxy groups -OCH3 is 2. The van der Waals surface area contributed by atoms with E-state index in [4.69, 9.17) is 14.2 Å². The summed E-state index contributed by atoms with van der Waals surface area (Å²) in [5, 5.41) is 2.89. The molecule has 0 radical (unpaired) electrons. The van der Waals surface area contributed by atoms with Gasteiger partial charge in [0.2, 0.25) is 0 Å². The predicted molar refractivity (Wildman–Crippen MR) is 126 cm³/mol. The molecule has 4 rings (SSSR count). The number of hydrogen-bond donors (Lipinski definition) is 2. The van der Waals surface area contributed by atoms with Crippen LogP contribution in [0.4, 0.5) is 0 Å². The number of carbonyl (C=O) groups is 1. The van der Waals surface area contributed by atoms with Crippen molar-refractivity contribution in [2.75, 3.05) is 14.2 Å². The van der Waals surface area contributed by atoms with Crippen molar-refractivity contribution >= 4 is 5.91 Å². The van der Waals surface area contributed by atoms with Crippen LogP contribution in [0.5, 0.6) is 23.0 Å². The van der Waals surface area contributed by atoms with E-state index in [1.807, 2.05) is 6.92 Å². The average Bonchev–Trinajstić information content (AvgIpc) is 2.84. The molecule has 33 heavy (non-hydrogen) atoms. The average molecular weight is 449 g/mol. The molecule has 1 aliphatic rings. The number of rotatable bonds is 7. The molecule has 7 nitrogen and oxygen atoms in total. The fourth-order valence-corrected chi connectivity index (χ4v) is 4.22. The van der Waals surface area contributed by atoms with Gasteiger partial charge in [0.25, 0.3) is 11.5 Å². The van der Waals surface area contributed by atoms with Crippen molar-refractivity contribution in [2.45, 2.75) is 39.2 Å². The number of benzene rings is 2. The first-order valence-corrected chi connectivity index (χ1v) is 11.0. The van der Waals surface area contributed by atoms with Crippen LogP contribution in [0, 0.1) is 6.92 Å². The van der Waals surface area contributed by atoms with Gasteiger partial charge in [-0.3, -0.25) is 9.59 Å². The van der Waals surface area contributed by atoms with Crippen molar-refractivity contribution in [3.8, 4) is 23.0 Å². The lowest BCUT2D eigenvalue weighted by atomic mass is 9.88. The van der Waals surface area contributed by atoms with E-state index >= 15 is 0 Å². The highest BCUT2D eigenvalue weighted by molar-refractivity contribution is 5.94. The maximum absolute atomic E-state index is 12.7. The minimum absolute atomic E-state index is 0.120. The minimum atomic E-state index is -0.242. The Hall–Kier alpha value is -3.74. The van der Waals surface area contributed by atoms with Crippen LogP contribution in [-0.4, -0.2) is 25.1 Å². The zero-order valence-corrected chi connectivity index (χ0v) is 19.1. The summed E-state index contributed by atoms with van der Waals surface area (Å²) in [5.41, 5.74) is 4.29. The molecule has 7 heteroatoms. The zero-order chi connectivity index (χ0) is 23.4. The number of ether oxygens (including phenoxy) is 3. The Balaban J connectivity index is 1.44. The molecule has 0 aliphatic heterocycles. The van der Waals surface area contributed by atoms with Crippen LogP contribution in [0.3, 0.4) is 0 Å². The fourth-order valence-electron chi connectivity index (χ4n) is 4.22. The van der Waals surface area contributed by atoms with E-state index in [1.165, 1.54) is 5.56 Å². The molecule has 0 bridgehead atoms. The lowest BCUT2D eigenvalue weighted by molar-refractivity contribution is 0.0950. The Bertz CT molecular complexity index is 1190. The monoisotopic (exact) mass is 448 g/mol. The van der Waals surface area contributed by atoms with E-state index in [0.29, 0.717) is 34.1 Å². The highest BCUT2D eigenvalue weighted by atomic mass is 16.5. The molecule has 2 N–H and O–H groups in total. The molecule has 172 valence electrons. The molecule has 1 aromatic heterocycles. The van der Waals surface area contributed by atoms with Crippen molar-refractivity contribution in [1.82, 2.24) is 10.3 Å². The van der Waals surface area contributed by atoms with Gasteiger partial charge in [0.1, 0.15) is 23.0 Å². The van der Waals surface area contributed by atoms with Crippen molar-refractivity contribution in [3.05, 3.63) is 80.8 Å². The van der Waals surface area contributed by atoms with Crippen molar-refractivity contribution in [2.24, 2.45) is 0 Å². The first-order chi connectivity index (χ1) is 16.0. The Morgan fingerprint density at radius 2 is 1.52 bits per heavy atom. The topological polar surface area (TPSA) is 89.7 Å². The van der Waals surface area contributed by atoms with Gasteiger partial charge in [-0.05, 0) is 68.0 Å². The van der Waals surface area contributed by atoms with Crippen LogP contribution in [-0.2, 0) is 19.4 Å². The van der Waals surface area contributed by atoms with Crippen LogP contribution in [0.15, 0.2) is 47.3 Å². The number of aromatic amines is 1. The number of fused-ring (bicyclic) bond motifs is 1. The maximum atomic E-state index is 12.7. The highest BCUT2D eigenvalue weighted by Gasteiger charge is 2.19. The van der Waals surface area contributed by atoms with Crippen LogP contribution in [0.1, 0.15) is 45.6 Å². The van der Waals surface area contributed by atoms with E-state index in [1.54, 1.807) is 56.7 Å². The van der Waals surface area contributed by atoms with Crippen LogP contribution < -0.4 is 25.1 Å². The van der Waals surface area contributed by atoms with Gasteiger partial charge < -0.3 is 24.5 Å². The maximum Gasteiger partial charge on any atom is 0.253 e. The molecular formula is C26H28N2O5. The third-order valence-electron chi connectivity index (χ3n) is 5.96.